The van der Waals surface area contributed by atoms with Gasteiger partial charge < -0.3 is 26.8 Å². The van der Waals surface area contributed by atoms with Gasteiger partial charge in [0, 0.05) is 13.1 Å². The van der Waals surface area contributed by atoms with Crippen LogP contribution in [0.15, 0.2) is 4.99 Å². The van der Waals surface area contributed by atoms with E-state index < -0.39 is 12.1 Å². The summed E-state index contributed by atoms with van der Waals surface area (Å²) in [7, 11) is 0. The van der Waals surface area contributed by atoms with Gasteiger partial charge in [-0.3, -0.25) is 9.79 Å². The molecule has 39 heavy (non-hydrogen) atoms. The Morgan fingerprint density at radius 2 is 1.13 bits per heavy atom. The topological polar surface area (TPSA) is 132 Å². The number of nitrogens with one attached hydrogen (secondary N) is 2. The molecule has 0 spiro atoms. The Morgan fingerprint density at radius 3 is 1.62 bits per heavy atom. The van der Waals surface area contributed by atoms with Gasteiger partial charge in [-0.25, -0.2) is 4.79 Å². The predicted octanol–water partition coefficient (Wildman–Crippen LogP) is 7.09. The number of ether oxygens (including phenoxy) is 1. The normalized spacial score (nSPS) is 11.6. The van der Waals surface area contributed by atoms with Crippen molar-refractivity contribution in [3.63, 3.8) is 0 Å². The van der Waals surface area contributed by atoms with E-state index in [0.29, 0.717) is 32.5 Å². The van der Waals surface area contributed by atoms with Crippen LogP contribution < -0.4 is 22.1 Å². The van der Waals surface area contributed by atoms with Crippen LogP contribution >= 0.6 is 0 Å². The minimum absolute atomic E-state index is 0.0285. The summed E-state index contributed by atoms with van der Waals surface area (Å²) in [5.74, 6) is -0.146. The van der Waals surface area contributed by atoms with E-state index >= 15 is 0 Å². The van der Waals surface area contributed by atoms with E-state index in [0.717, 1.165) is 25.7 Å². The summed E-state index contributed by atoms with van der Waals surface area (Å²) in [6.07, 6.45) is 25.3. The highest BCUT2D eigenvalue weighted by Gasteiger charge is 2.20. The van der Waals surface area contributed by atoms with Crippen molar-refractivity contribution >= 4 is 18.0 Å². The number of carbonyl (C=O) groups excluding carboxylic acids is 2. The Hall–Kier alpha value is -1.99. The summed E-state index contributed by atoms with van der Waals surface area (Å²) in [6.45, 7) is 5.90. The highest BCUT2D eigenvalue weighted by atomic mass is 16.5. The van der Waals surface area contributed by atoms with Crippen LogP contribution in [0.25, 0.3) is 0 Å². The van der Waals surface area contributed by atoms with Crippen molar-refractivity contribution in [1.82, 2.24) is 10.6 Å². The molecule has 0 aromatic carbocycles. The molecule has 0 bridgehead atoms. The maximum Gasteiger partial charge on any atom is 0.407 e. The molecule has 0 fully saturated rings. The zero-order chi connectivity index (χ0) is 28.8. The summed E-state index contributed by atoms with van der Waals surface area (Å²) in [5, 5.41) is 5.73. The molecule has 0 aliphatic rings. The summed E-state index contributed by atoms with van der Waals surface area (Å²) in [5.41, 5.74) is 10.8. The first-order chi connectivity index (χ1) is 19.0. The second-order valence-corrected chi connectivity index (χ2v) is 10.9. The number of nitrogens with two attached hydrogens (primary N) is 2. The van der Waals surface area contributed by atoms with Crippen LogP contribution in [-0.4, -0.2) is 43.7 Å². The van der Waals surface area contributed by atoms with Gasteiger partial charge >= 0.3 is 6.09 Å². The fourth-order valence-electron chi connectivity index (χ4n) is 4.66. The lowest BCUT2D eigenvalue weighted by molar-refractivity contribution is -0.123. The van der Waals surface area contributed by atoms with Gasteiger partial charge in [0.1, 0.15) is 6.04 Å². The second-order valence-electron chi connectivity index (χ2n) is 10.9. The first-order valence-electron chi connectivity index (χ1n) is 16.3. The molecule has 0 aliphatic carbocycles. The second kappa shape index (κ2) is 29.0. The molecule has 0 saturated carbocycles. The van der Waals surface area contributed by atoms with Gasteiger partial charge in [-0.15, -0.1) is 0 Å². The SMILES string of the molecule is CCCCCCCCCCCCNC(=O)[C@H](CCCN=C(N)N)NC(=O)OCCCCCCCCCCCC. The monoisotopic (exact) mass is 553 g/mol. The minimum atomic E-state index is -0.650. The van der Waals surface area contributed by atoms with Gasteiger partial charge in [-0.2, -0.15) is 0 Å². The quantitative estimate of drug-likeness (QED) is 0.0466. The number of aliphatic imine (C=N–C) groups is 1. The number of alkyl carbamates (subject to hydrolysis) is 1. The van der Waals surface area contributed by atoms with Gasteiger partial charge in [-0.05, 0) is 25.7 Å². The molecule has 0 aromatic rings. The largest absolute Gasteiger partial charge is 0.450 e. The first kappa shape index (κ1) is 37.0. The van der Waals surface area contributed by atoms with E-state index in [9.17, 15) is 9.59 Å². The fourth-order valence-corrected chi connectivity index (χ4v) is 4.66. The Morgan fingerprint density at radius 1 is 0.667 bits per heavy atom. The highest BCUT2D eigenvalue weighted by Crippen LogP contribution is 2.11. The zero-order valence-corrected chi connectivity index (χ0v) is 25.6. The van der Waals surface area contributed by atoms with E-state index in [1.165, 1.54) is 103 Å². The standard InChI is InChI=1S/C31H63N5O3/c1-3-5-7-9-11-13-15-17-19-21-25-34-29(37)28(24-23-26-35-30(32)33)36-31(38)39-27-22-20-18-16-14-12-10-8-6-4-2/h28H,3-27H2,1-2H3,(H,34,37)(H,36,38)(H4,32,33,35)/t28-/m0/s1. The van der Waals surface area contributed by atoms with Crippen molar-refractivity contribution in [2.45, 2.75) is 161 Å². The molecule has 8 heteroatoms. The smallest absolute Gasteiger partial charge is 0.407 e. The van der Waals surface area contributed by atoms with Gasteiger partial charge in [0.15, 0.2) is 5.96 Å². The zero-order valence-electron chi connectivity index (χ0n) is 25.6. The van der Waals surface area contributed by atoms with Crippen molar-refractivity contribution in [2.24, 2.45) is 16.5 Å². The van der Waals surface area contributed by atoms with E-state index in [1.54, 1.807) is 0 Å². The van der Waals surface area contributed by atoms with Crippen LogP contribution in [-0.2, 0) is 9.53 Å². The molecule has 0 heterocycles. The number of rotatable bonds is 28. The number of nitrogens with zero attached hydrogens (tertiary/aromatic N) is 1. The van der Waals surface area contributed by atoms with Gasteiger partial charge in [0.2, 0.25) is 5.91 Å². The third-order valence-corrected chi connectivity index (χ3v) is 7.11. The van der Waals surface area contributed by atoms with Crippen LogP contribution in [0.4, 0.5) is 4.79 Å². The third kappa shape index (κ3) is 27.4. The number of hydrogen-bond donors (Lipinski definition) is 4. The molecule has 6 N–H and O–H groups in total. The van der Waals surface area contributed by atoms with Crippen molar-refractivity contribution < 1.29 is 14.3 Å². The third-order valence-electron chi connectivity index (χ3n) is 7.11. The van der Waals surface area contributed by atoms with Gasteiger partial charge in [-0.1, -0.05) is 129 Å². The molecule has 0 saturated heterocycles. The fraction of sp³-hybridized carbons (Fsp3) is 0.903. The molecule has 0 rings (SSSR count). The number of carbonyl (C=O) groups is 2. The maximum atomic E-state index is 12.8. The van der Waals surface area contributed by atoms with Crippen LogP contribution in [0.3, 0.4) is 0 Å². The lowest BCUT2D eigenvalue weighted by Gasteiger charge is -2.18. The van der Waals surface area contributed by atoms with Gasteiger partial charge in [0.25, 0.3) is 0 Å². The summed E-state index contributed by atoms with van der Waals surface area (Å²) in [4.78, 5) is 29.1. The molecule has 230 valence electrons. The van der Waals surface area contributed by atoms with Crippen molar-refractivity contribution in [3.8, 4) is 0 Å². The average molecular weight is 554 g/mol. The van der Waals surface area contributed by atoms with E-state index in [1.807, 2.05) is 0 Å². The predicted molar refractivity (Wildman–Crippen MR) is 165 cm³/mol. The molecule has 2 amide bonds. The van der Waals surface area contributed by atoms with Crippen LogP contribution in [0, 0.1) is 0 Å². The Bertz CT molecular complexity index is 597. The number of amides is 2. The lowest BCUT2D eigenvalue weighted by Crippen LogP contribution is -2.47. The van der Waals surface area contributed by atoms with Gasteiger partial charge in [0.05, 0.1) is 6.61 Å². The molecule has 8 nitrogen and oxygen atoms in total. The van der Waals surface area contributed by atoms with Crippen molar-refractivity contribution in [1.29, 1.82) is 0 Å². The number of hydrogen-bond acceptors (Lipinski definition) is 4. The lowest BCUT2D eigenvalue weighted by atomic mass is 10.1. The summed E-state index contributed by atoms with van der Waals surface area (Å²) in [6, 6.07) is -0.650. The molecular formula is C31H63N5O3. The van der Waals surface area contributed by atoms with E-state index in [-0.39, 0.29) is 11.9 Å². The Kier molecular flexibility index (Phi) is 27.5. The van der Waals surface area contributed by atoms with Crippen LogP contribution in [0.2, 0.25) is 0 Å². The maximum absolute atomic E-state index is 12.8. The summed E-state index contributed by atoms with van der Waals surface area (Å²) < 4.78 is 5.35. The number of guanidine groups is 1. The van der Waals surface area contributed by atoms with Crippen LogP contribution in [0.1, 0.15) is 155 Å². The van der Waals surface area contributed by atoms with Crippen molar-refractivity contribution in [2.75, 3.05) is 19.7 Å². The molecule has 0 aliphatic heterocycles. The summed E-state index contributed by atoms with van der Waals surface area (Å²) >= 11 is 0. The molecular weight excluding hydrogens is 490 g/mol. The Balaban J connectivity index is 4.10. The first-order valence-corrected chi connectivity index (χ1v) is 16.3. The van der Waals surface area contributed by atoms with Crippen LogP contribution in [0.5, 0.6) is 0 Å². The Labute approximate surface area is 240 Å². The molecule has 0 radical (unpaired) electrons. The molecule has 0 unspecified atom stereocenters. The van der Waals surface area contributed by atoms with Crippen molar-refractivity contribution in [3.05, 3.63) is 0 Å². The molecule has 1 atom stereocenters. The molecule has 0 aromatic heterocycles. The number of unbranched alkanes of at least 4 members (excludes halogenated alkanes) is 18. The van der Waals surface area contributed by atoms with E-state index in [4.69, 9.17) is 16.2 Å². The minimum Gasteiger partial charge on any atom is -0.450 e. The highest BCUT2D eigenvalue weighted by molar-refractivity contribution is 5.85. The van der Waals surface area contributed by atoms with E-state index in [2.05, 4.69) is 29.5 Å². The average Bonchev–Trinajstić information content (AvgIpc) is 2.91.